The van der Waals surface area contributed by atoms with Gasteiger partial charge in [-0.15, -0.1) is 41.7 Å². The summed E-state index contributed by atoms with van der Waals surface area (Å²) in [6.45, 7) is 8.45. The number of halogens is 1. The first kappa shape index (κ1) is 25.0. The van der Waals surface area contributed by atoms with Gasteiger partial charge in [0.1, 0.15) is 11.6 Å². The van der Waals surface area contributed by atoms with Crippen LogP contribution < -0.4 is 20.1 Å². The van der Waals surface area contributed by atoms with Gasteiger partial charge in [0.25, 0.3) is 0 Å². The zero-order valence-electron chi connectivity index (χ0n) is 17.3. The summed E-state index contributed by atoms with van der Waals surface area (Å²) in [5.74, 6) is 4.91. The van der Waals surface area contributed by atoms with Crippen LogP contribution in [0, 0.1) is 12.3 Å². The summed E-state index contributed by atoms with van der Waals surface area (Å²) < 4.78 is 10.9. The molecule has 0 aliphatic rings. The lowest BCUT2D eigenvalue weighted by atomic mass is 10.2. The number of hydrogen-bond acceptors (Lipinski definition) is 5. The number of aromatic nitrogens is 1. The predicted molar refractivity (Wildman–Crippen MR) is 131 cm³/mol. The minimum Gasteiger partial charge on any atom is -0.493 e. The Morgan fingerprint density at radius 2 is 2.10 bits per heavy atom. The van der Waals surface area contributed by atoms with Crippen molar-refractivity contribution in [2.24, 2.45) is 4.99 Å². The first-order valence-corrected chi connectivity index (χ1v) is 10.1. The van der Waals surface area contributed by atoms with Gasteiger partial charge in [0.15, 0.2) is 17.5 Å². The molecular formula is C21H29IN4O2S. The maximum atomic E-state index is 5.55. The zero-order chi connectivity index (χ0) is 20.4. The van der Waals surface area contributed by atoms with Crippen molar-refractivity contribution in [1.29, 1.82) is 0 Å². The zero-order valence-corrected chi connectivity index (χ0v) is 20.5. The van der Waals surface area contributed by atoms with Crippen molar-refractivity contribution in [1.82, 2.24) is 15.6 Å². The third kappa shape index (κ3) is 8.11. The number of terminal acetylenes is 1. The number of aliphatic imine (C=N–C) groups is 1. The summed E-state index contributed by atoms with van der Waals surface area (Å²) in [6, 6.07) is 5.73. The molecule has 8 heteroatoms. The Kier molecular flexibility index (Phi) is 11.5. The molecule has 0 radical (unpaired) electrons. The van der Waals surface area contributed by atoms with Crippen molar-refractivity contribution in [3.63, 3.8) is 0 Å². The van der Waals surface area contributed by atoms with Gasteiger partial charge in [-0.25, -0.2) is 9.98 Å². The van der Waals surface area contributed by atoms with Crippen molar-refractivity contribution in [3.8, 4) is 23.8 Å². The van der Waals surface area contributed by atoms with E-state index < -0.39 is 0 Å². The van der Waals surface area contributed by atoms with Crippen molar-refractivity contribution >= 4 is 41.3 Å². The average molecular weight is 528 g/mol. The molecule has 0 atom stereocenters. The number of thiazole rings is 1. The van der Waals surface area contributed by atoms with E-state index in [4.69, 9.17) is 15.9 Å². The second-order valence-corrected chi connectivity index (χ2v) is 7.29. The molecule has 1 aromatic heterocycles. The van der Waals surface area contributed by atoms with Gasteiger partial charge in [0.2, 0.25) is 0 Å². The van der Waals surface area contributed by atoms with E-state index in [0.717, 1.165) is 28.8 Å². The number of hydrogen-bond donors (Lipinski definition) is 2. The topological polar surface area (TPSA) is 67.8 Å². The van der Waals surface area contributed by atoms with Crippen LogP contribution in [0.2, 0.25) is 0 Å². The highest BCUT2D eigenvalue weighted by Gasteiger charge is 2.08. The highest BCUT2D eigenvalue weighted by atomic mass is 127. The molecular weight excluding hydrogens is 499 g/mol. The van der Waals surface area contributed by atoms with E-state index in [1.54, 1.807) is 18.4 Å². The molecule has 0 saturated carbocycles. The minimum atomic E-state index is 0. The summed E-state index contributed by atoms with van der Waals surface area (Å²) >= 11 is 1.66. The Balaban J connectivity index is 0.00000420. The lowest BCUT2D eigenvalue weighted by Gasteiger charge is -2.12. The molecule has 0 bridgehead atoms. The van der Waals surface area contributed by atoms with Gasteiger partial charge in [-0.05, 0) is 30.5 Å². The Hall–Kier alpha value is -1.99. The van der Waals surface area contributed by atoms with Crippen LogP contribution in [0.15, 0.2) is 28.6 Å². The first-order valence-electron chi connectivity index (χ1n) is 9.27. The Morgan fingerprint density at radius 3 is 2.72 bits per heavy atom. The summed E-state index contributed by atoms with van der Waals surface area (Å²) in [4.78, 5) is 9.30. The lowest BCUT2D eigenvalue weighted by molar-refractivity contribution is 0.330. The summed E-state index contributed by atoms with van der Waals surface area (Å²) in [6.07, 6.45) is 5.28. The number of ether oxygens (including phenoxy) is 2. The van der Waals surface area contributed by atoms with Crippen molar-refractivity contribution in [3.05, 3.63) is 39.8 Å². The van der Waals surface area contributed by atoms with Gasteiger partial charge in [0, 0.05) is 11.9 Å². The molecule has 0 unspecified atom stereocenters. The largest absolute Gasteiger partial charge is 0.493 e. The molecule has 0 aliphatic carbocycles. The van der Waals surface area contributed by atoms with Gasteiger partial charge < -0.3 is 20.1 Å². The van der Waals surface area contributed by atoms with E-state index in [2.05, 4.69) is 45.8 Å². The third-order valence-corrected chi connectivity index (χ3v) is 4.74. The molecule has 158 valence electrons. The van der Waals surface area contributed by atoms with Gasteiger partial charge in [0.05, 0.1) is 25.9 Å². The van der Waals surface area contributed by atoms with Crippen LogP contribution in [0.5, 0.6) is 11.5 Å². The quantitative estimate of drug-likeness (QED) is 0.222. The molecule has 1 heterocycles. The third-order valence-electron chi connectivity index (χ3n) is 3.87. The fraction of sp³-hybridized carbons (Fsp3) is 0.429. The van der Waals surface area contributed by atoms with Gasteiger partial charge >= 0.3 is 0 Å². The van der Waals surface area contributed by atoms with Crippen LogP contribution in [-0.4, -0.2) is 31.2 Å². The molecule has 2 N–H and O–H groups in total. The van der Waals surface area contributed by atoms with E-state index in [1.807, 2.05) is 25.1 Å². The molecule has 6 nitrogen and oxygen atoms in total. The summed E-state index contributed by atoms with van der Waals surface area (Å²) in [5, 5.41) is 9.75. The normalized spacial score (nSPS) is 10.8. The Labute approximate surface area is 194 Å². The first-order chi connectivity index (χ1) is 13.6. The summed E-state index contributed by atoms with van der Waals surface area (Å²) in [7, 11) is 1.60. The monoisotopic (exact) mass is 528 g/mol. The van der Waals surface area contributed by atoms with Gasteiger partial charge in [-0.3, -0.25) is 0 Å². The van der Waals surface area contributed by atoms with Gasteiger partial charge in [-0.2, -0.15) is 0 Å². The van der Waals surface area contributed by atoms with Crippen LogP contribution in [-0.2, 0) is 13.1 Å². The number of benzene rings is 1. The van der Waals surface area contributed by atoms with Crippen LogP contribution >= 0.6 is 35.3 Å². The number of methoxy groups -OCH3 is 1. The fourth-order valence-electron chi connectivity index (χ4n) is 2.39. The molecule has 2 aromatic rings. The van der Waals surface area contributed by atoms with Crippen molar-refractivity contribution in [2.45, 2.75) is 39.8 Å². The van der Waals surface area contributed by atoms with E-state index in [9.17, 15) is 0 Å². The fourth-order valence-corrected chi connectivity index (χ4v) is 3.29. The van der Waals surface area contributed by atoms with Crippen LogP contribution in [0.4, 0.5) is 0 Å². The molecule has 2 rings (SSSR count). The van der Waals surface area contributed by atoms with E-state index in [0.29, 0.717) is 30.5 Å². The maximum Gasteiger partial charge on any atom is 0.191 e. The molecule has 0 spiro atoms. The van der Waals surface area contributed by atoms with Crippen LogP contribution in [0.25, 0.3) is 0 Å². The number of guanidine groups is 1. The molecule has 0 aliphatic heterocycles. The van der Waals surface area contributed by atoms with Crippen molar-refractivity contribution in [2.75, 3.05) is 20.3 Å². The van der Waals surface area contributed by atoms with E-state index in [1.165, 1.54) is 0 Å². The number of rotatable bonds is 9. The average Bonchev–Trinajstić information content (AvgIpc) is 3.18. The predicted octanol–water partition coefficient (Wildman–Crippen LogP) is 4.16. The summed E-state index contributed by atoms with van der Waals surface area (Å²) in [5.41, 5.74) is 2.13. The highest BCUT2D eigenvalue weighted by Crippen LogP contribution is 2.28. The second kappa shape index (κ2) is 13.3. The molecule has 0 amide bonds. The van der Waals surface area contributed by atoms with Gasteiger partial charge in [-0.1, -0.05) is 25.8 Å². The van der Waals surface area contributed by atoms with Crippen LogP contribution in [0.1, 0.15) is 43.0 Å². The number of nitrogens with one attached hydrogen (secondary N) is 2. The minimum absolute atomic E-state index is 0. The smallest absolute Gasteiger partial charge is 0.191 e. The number of nitrogens with zero attached hydrogens (tertiary/aromatic N) is 2. The second-order valence-electron chi connectivity index (χ2n) is 6.35. The van der Waals surface area contributed by atoms with E-state index in [-0.39, 0.29) is 30.6 Å². The SMILES string of the molecule is C#CCOc1cc(CN=C(NCC)NCc2nc(C(C)C)cs2)ccc1OC.I. The molecule has 1 aromatic carbocycles. The van der Waals surface area contributed by atoms with Crippen molar-refractivity contribution < 1.29 is 9.47 Å². The Morgan fingerprint density at radius 1 is 1.31 bits per heavy atom. The molecule has 29 heavy (non-hydrogen) atoms. The Bertz CT molecular complexity index is 830. The standard InChI is InChI=1S/C21H28N4O2S.HI/c1-6-10-27-19-11-16(8-9-18(19)26-5)12-23-21(22-7-2)24-13-20-25-17(14-28-20)15(3)4;/h1,8-9,11,14-15H,7,10,12-13H2,2-5H3,(H2,22,23,24);1H. The molecule has 0 fully saturated rings. The molecule has 0 saturated heterocycles. The van der Waals surface area contributed by atoms with Crippen LogP contribution in [0.3, 0.4) is 0 Å². The van der Waals surface area contributed by atoms with E-state index >= 15 is 0 Å². The highest BCUT2D eigenvalue weighted by molar-refractivity contribution is 14.0. The lowest BCUT2D eigenvalue weighted by Crippen LogP contribution is -2.36. The maximum absolute atomic E-state index is 5.55.